The number of benzene rings is 1. The zero-order valence-corrected chi connectivity index (χ0v) is 12.1. The first-order chi connectivity index (χ1) is 9.74. The minimum Gasteiger partial charge on any atom is -0.394 e. The van der Waals surface area contributed by atoms with Gasteiger partial charge in [0.05, 0.1) is 23.7 Å². The third-order valence-electron chi connectivity index (χ3n) is 2.96. The van der Waals surface area contributed by atoms with Gasteiger partial charge in [-0.25, -0.2) is 0 Å². The molecular formula is C14H17N3O2S. The molecule has 1 aromatic carbocycles. The van der Waals surface area contributed by atoms with Gasteiger partial charge in [0.15, 0.2) is 0 Å². The van der Waals surface area contributed by atoms with E-state index in [1.807, 2.05) is 6.26 Å². The third kappa shape index (κ3) is 3.68. The summed E-state index contributed by atoms with van der Waals surface area (Å²) in [5, 5.41) is 12.1. The lowest BCUT2D eigenvalue weighted by Crippen LogP contribution is -2.37. The maximum Gasteiger partial charge on any atom is 0.251 e. The van der Waals surface area contributed by atoms with Crippen LogP contribution in [0.15, 0.2) is 30.6 Å². The maximum absolute atomic E-state index is 12.1. The largest absolute Gasteiger partial charge is 0.394 e. The quantitative estimate of drug-likeness (QED) is 0.843. The number of amides is 1. The molecule has 1 amide bonds. The van der Waals surface area contributed by atoms with Crippen molar-refractivity contribution in [2.24, 2.45) is 0 Å². The van der Waals surface area contributed by atoms with E-state index < -0.39 is 0 Å². The Hall–Kier alpha value is -1.66. The first-order valence-electron chi connectivity index (χ1n) is 6.36. The normalized spacial score (nSPS) is 12.3. The number of hydrogen-bond donors (Lipinski definition) is 2. The van der Waals surface area contributed by atoms with Gasteiger partial charge in [0, 0.05) is 18.0 Å². The average Bonchev–Trinajstić information content (AvgIpc) is 2.50. The Balaban J connectivity index is 2.10. The summed E-state index contributed by atoms with van der Waals surface area (Å²) in [5.74, 6) is 0.701. The van der Waals surface area contributed by atoms with Gasteiger partial charge in [0.1, 0.15) is 0 Å². The fourth-order valence-electron chi connectivity index (χ4n) is 1.84. The summed E-state index contributed by atoms with van der Waals surface area (Å²) < 4.78 is 0. The molecule has 0 aliphatic carbocycles. The van der Waals surface area contributed by atoms with E-state index in [2.05, 4.69) is 15.3 Å². The molecule has 0 bridgehead atoms. The number of aromatic nitrogens is 2. The topological polar surface area (TPSA) is 75.1 Å². The highest BCUT2D eigenvalue weighted by molar-refractivity contribution is 7.98. The SMILES string of the molecule is CSCC[C@@H](CO)NC(=O)c1ccc2nccnc2c1. The summed E-state index contributed by atoms with van der Waals surface area (Å²) in [6, 6.07) is 4.98. The van der Waals surface area contributed by atoms with E-state index in [1.165, 1.54) is 0 Å². The summed E-state index contributed by atoms with van der Waals surface area (Å²) >= 11 is 1.69. The highest BCUT2D eigenvalue weighted by Gasteiger charge is 2.13. The van der Waals surface area contributed by atoms with Crippen molar-refractivity contribution in [2.75, 3.05) is 18.6 Å². The lowest BCUT2D eigenvalue weighted by molar-refractivity contribution is 0.0915. The first-order valence-corrected chi connectivity index (χ1v) is 7.75. The first kappa shape index (κ1) is 14.7. The van der Waals surface area contributed by atoms with Crippen LogP contribution in [0.25, 0.3) is 11.0 Å². The Labute approximate surface area is 121 Å². The van der Waals surface area contributed by atoms with Crippen LogP contribution in [0.5, 0.6) is 0 Å². The van der Waals surface area contributed by atoms with Gasteiger partial charge in [-0.2, -0.15) is 11.8 Å². The Kier molecular flexibility index (Phi) is 5.31. The lowest BCUT2D eigenvalue weighted by Gasteiger charge is -2.15. The number of thioether (sulfide) groups is 1. The molecule has 0 aliphatic heterocycles. The molecule has 2 N–H and O–H groups in total. The standard InChI is InChI=1S/C14H17N3O2S/c1-20-7-4-11(9-18)17-14(19)10-2-3-12-13(8-10)16-6-5-15-12/h2-3,5-6,8,11,18H,4,7,9H2,1H3,(H,17,19)/t11-/m0/s1. The highest BCUT2D eigenvalue weighted by atomic mass is 32.2. The van der Waals surface area contributed by atoms with Crippen molar-refractivity contribution >= 4 is 28.7 Å². The summed E-state index contributed by atoms with van der Waals surface area (Å²) in [7, 11) is 0. The van der Waals surface area contributed by atoms with Crippen LogP contribution in [0.2, 0.25) is 0 Å². The summed E-state index contributed by atoms with van der Waals surface area (Å²) in [6.07, 6.45) is 5.96. The van der Waals surface area contributed by atoms with E-state index >= 15 is 0 Å². The molecule has 1 heterocycles. The molecule has 0 unspecified atom stereocenters. The van der Waals surface area contributed by atoms with Crippen LogP contribution in [0.3, 0.4) is 0 Å². The summed E-state index contributed by atoms with van der Waals surface area (Å²) in [5.41, 5.74) is 1.97. The van der Waals surface area contributed by atoms with Crippen LogP contribution >= 0.6 is 11.8 Å². The number of carbonyl (C=O) groups excluding carboxylic acids is 1. The van der Waals surface area contributed by atoms with Crippen molar-refractivity contribution in [1.29, 1.82) is 0 Å². The molecule has 0 saturated carbocycles. The second-order valence-corrected chi connectivity index (χ2v) is 5.38. The van der Waals surface area contributed by atoms with Gasteiger partial charge in [-0.15, -0.1) is 0 Å². The zero-order chi connectivity index (χ0) is 14.4. The monoisotopic (exact) mass is 291 g/mol. The molecule has 2 aromatic rings. The zero-order valence-electron chi connectivity index (χ0n) is 11.2. The molecule has 0 spiro atoms. The number of nitrogens with zero attached hydrogens (tertiary/aromatic N) is 2. The highest BCUT2D eigenvalue weighted by Crippen LogP contribution is 2.11. The molecule has 20 heavy (non-hydrogen) atoms. The van der Waals surface area contributed by atoms with Crippen LogP contribution in [-0.2, 0) is 0 Å². The molecule has 5 nitrogen and oxygen atoms in total. The second kappa shape index (κ2) is 7.21. The number of aliphatic hydroxyl groups excluding tert-OH is 1. The summed E-state index contributed by atoms with van der Waals surface area (Å²) in [4.78, 5) is 20.5. The molecular weight excluding hydrogens is 274 g/mol. The Morgan fingerprint density at radius 1 is 1.35 bits per heavy atom. The number of hydrogen-bond acceptors (Lipinski definition) is 5. The minimum absolute atomic E-state index is 0.0559. The van der Waals surface area contributed by atoms with Crippen LogP contribution in [0.1, 0.15) is 16.8 Å². The fourth-order valence-corrected chi connectivity index (χ4v) is 2.36. The van der Waals surface area contributed by atoms with Crippen LogP contribution in [-0.4, -0.2) is 45.6 Å². The number of rotatable bonds is 6. The van der Waals surface area contributed by atoms with Crippen molar-refractivity contribution in [2.45, 2.75) is 12.5 Å². The molecule has 6 heteroatoms. The maximum atomic E-state index is 12.1. The van der Waals surface area contributed by atoms with Gasteiger partial charge < -0.3 is 10.4 Å². The second-order valence-electron chi connectivity index (χ2n) is 4.39. The number of carbonyl (C=O) groups is 1. The van der Waals surface area contributed by atoms with Gasteiger partial charge in [0.2, 0.25) is 0 Å². The van der Waals surface area contributed by atoms with Crippen LogP contribution in [0.4, 0.5) is 0 Å². The van der Waals surface area contributed by atoms with Crippen molar-refractivity contribution in [1.82, 2.24) is 15.3 Å². The molecule has 2 rings (SSSR count). The predicted molar refractivity (Wildman–Crippen MR) is 80.9 cm³/mol. The molecule has 0 radical (unpaired) electrons. The molecule has 106 valence electrons. The Bertz CT molecular complexity index is 591. The number of nitrogens with one attached hydrogen (secondary N) is 1. The fraction of sp³-hybridized carbons (Fsp3) is 0.357. The molecule has 1 atom stereocenters. The molecule has 1 aromatic heterocycles. The van der Waals surface area contributed by atoms with Crippen molar-refractivity contribution in [3.05, 3.63) is 36.2 Å². The van der Waals surface area contributed by atoms with Crippen LogP contribution < -0.4 is 5.32 Å². The van der Waals surface area contributed by atoms with Crippen LogP contribution in [0, 0.1) is 0 Å². The summed E-state index contributed by atoms with van der Waals surface area (Å²) in [6.45, 7) is -0.0559. The number of fused-ring (bicyclic) bond motifs is 1. The van der Waals surface area contributed by atoms with Gasteiger partial charge >= 0.3 is 0 Å². The predicted octanol–water partition coefficient (Wildman–Crippen LogP) is 1.47. The Morgan fingerprint density at radius 2 is 2.10 bits per heavy atom. The van der Waals surface area contributed by atoms with Gasteiger partial charge in [-0.05, 0) is 36.6 Å². The molecule has 0 fully saturated rings. The average molecular weight is 291 g/mol. The lowest BCUT2D eigenvalue weighted by atomic mass is 10.1. The van der Waals surface area contributed by atoms with Gasteiger partial charge in [-0.3, -0.25) is 14.8 Å². The van der Waals surface area contributed by atoms with E-state index in [1.54, 1.807) is 42.4 Å². The third-order valence-corrected chi connectivity index (χ3v) is 3.60. The van der Waals surface area contributed by atoms with E-state index in [0.717, 1.165) is 17.7 Å². The van der Waals surface area contributed by atoms with E-state index in [4.69, 9.17) is 0 Å². The van der Waals surface area contributed by atoms with Gasteiger partial charge in [-0.1, -0.05) is 0 Å². The Morgan fingerprint density at radius 3 is 2.80 bits per heavy atom. The van der Waals surface area contributed by atoms with E-state index in [-0.39, 0.29) is 18.6 Å². The van der Waals surface area contributed by atoms with E-state index in [9.17, 15) is 9.90 Å². The van der Waals surface area contributed by atoms with Gasteiger partial charge in [0.25, 0.3) is 5.91 Å². The van der Waals surface area contributed by atoms with Crippen molar-refractivity contribution in [3.63, 3.8) is 0 Å². The number of aliphatic hydroxyl groups is 1. The van der Waals surface area contributed by atoms with E-state index in [0.29, 0.717) is 11.1 Å². The smallest absolute Gasteiger partial charge is 0.251 e. The van der Waals surface area contributed by atoms with Crippen molar-refractivity contribution < 1.29 is 9.90 Å². The molecule has 0 saturated heterocycles. The van der Waals surface area contributed by atoms with Crippen molar-refractivity contribution in [3.8, 4) is 0 Å². The molecule has 0 aliphatic rings. The minimum atomic E-state index is -0.215.